The van der Waals surface area contributed by atoms with Gasteiger partial charge in [0.25, 0.3) is 5.91 Å². The van der Waals surface area contributed by atoms with Crippen molar-refractivity contribution in [1.29, 1.82) is 0 Å². The highest BCUT2D eigenvalue weighted by atomic mass is 19.1. The first kappa shape index (κ1) is 18.2. The molecule has 2 aromatic carbocycles. The molecule has 0 radical (unpaired) electrons. The van der Waals surface area contributed by atoms with E-state index in [4.69, 9.17) is 9.47 Å². The molecule has 3 rings (SSSR count). The van der Waals surface area contributed by atoms with E-state index in [0.29, 0.717) is 22.6 Å². The van der Waals surface area contributed by atoms with E-state index in [9.17, 15) is 9.18 Å². The van der Waals surface area contributed by atoms with Gasteiger partial charge in [0.15, 0.2) is 11.5 Å². The SMILES string of the molecule is COc1cc(C(=O)N(Cc2ccccc2F)C2CC2)ccc1OC(C)C. The zero-order valence-electron chi connectivity index (χ0n) is 15.4. The van der Waals surface area contributed by atoms with Gasteiger partial charge in [0.2, 0.25) is 0 Å². The Bertz CT molecular complexity index is 787. The topological polar surface area (TPSA) is 38.8 Å². The third-order valence-corrected chi connectivity index (χ3v) is 4.32. The highest BCUT2D eigenvalue weighted by molar-refractivity contribution is 5.95. The molecule has 0 saturated heterocycles. The fraction of sp³-hybridized carbons (Fsp3) is 0.381. The summed E-state index contributed by atoms with van der Waals surface area (Å²) in [5.74, 6) is 0.715. The largest absolute Gasteiger partial charge is 0.493 e. The number of amides is 1. The van der Waals surface area contributed by atoms with Crippen LogP contribution in [0.4, 0.5) is 4.39 Å². The average molecular weight is 357 g/mol. The molecular weight excluding hydrogens is 333 g/mol. The first-order chi connectivity index (χ1) is 12.5. The van der Waals surface area contributed by atoms with Gasteiger partial charge in [-0.3, -0.25) is 4.79 Å². The van der Waals surface area contributed by atoms with Gasteiger partial charge in [-0.25, -0.2) is 4.39 Å². The van der Waals surface area contributed by atoms with Crippen molar-refractivity contribution < 1.29 is 18.7 Å². The molecule has 1 aliphatic rings. The summed E-state index contributed by atoms with van der Waals surface area (Å²) in [6, 6.07) is 11.9. The summed E-state index contributed by atoms with van der Waals surface area (Å²) in [6.07, 6.45) is 1.91. The van der Waals surface area contributed by atoms with E-state index in [2.05, 4.69) is 0 Å². The zero-order valence-corrected chi connectivity index (χ0v) is 15.4. The molecule has 1 amide bonds. The van der Waals surface area contributed by atoms with Crippen molar-refractivity contribution in [1.82, 2.24) is 4.90 Å². The van der Waals surface area contributed by atoms with Gasteiger partial charge in [-0.15, -0.1) is 0 Å². The van der Waals surface area contributed by atoms with Crippen molar-refractivity contribution in [3.8, 4) is 11.5 Å². The van der Waals surface area contributed by atoms with Crippen LogP contribution in [0.5, 0.6) is 11.5 Å². The van der Waals surface area contributed by atoms with E-state index >= 15 is 0 Å². The summed E-state index contributed by atoms with van der Waals surface area (Å²) < 4.78 is 25.1. The van der Waals surface area contributed by atoms with Crippen molar-refractivity contribution in [2.24, 2.45) is 0 Å². The fourth-order valence-electron chi connectivity index (χ4n) is 2.88. The van der Waals surface area contributed by atoms with Crippen LogP contribution in [-0.2, 0) is 6.54 Å². The minimum atomic E-state index is -0.288. The van der Waals surface area contributed by atoms with Crippen molar-refractivity contribution in [3.05, 3.63) is 59.4 Å². The predicted molar refractivity (Wildman–Crippen MR) is 98.1 cm³/mol. The molecule has 4 nitrogen and oxygen atoms in total. The summed E-state index contributed by atoms with van der Waals surface area (Å²) in [6.45, 7) is 4.13. The average Bonchev–Trinajstić information content (AvgIpc) is 3.45. The maximum atomic E-state index is 14.0. The Labute approximate surface area is 153 Å². The van der Waals surface area contributed by atoms with E-state index in [0.717, 1.165) is 12.8 Å². The second-order valence-electron chi connectivity index (χ2n) is 6.79. The van der Waals surface area contributed by atoms with Crippen LogP contribution in [0.3, 0.4) is 0 Å². The lowest BCUT2D eigenvalue weighted by molar-refractivity contribution is 0.0728. The van der Waals surface area contributed by atoms with Crippen molar-refractivity contribution in [2.75, 3.05) is 7.11 Å². The van der Waals surface area contributed by atoms with Crippen LogP contribution in [0.15, 0.2) is 42.5 Å². The standard InChI is InChI=1S/C21H24FNO3/c1-14(2)26-19-11-8-15(12-20(19)25-3)21(24)23(17-9-10-17)13-16-6-4-5-7-18(16)22/h4-8,11-12,14,17H,9-10,13H2,1-3H3. The molecule has 5 heteroatoms. The van der Waals surface area contributed by atoms with Gasteiger partial charge in [0.05, 0.1) is 13.2 Å². The van der Waals surface area contributed by atoms with Gasteiger partial charge in [-0.1, -0.05) is 18.2 Å². The summed E-state index contributed by atoms with van der Waals surface area (Å²) in [4.78, 5) is 14.8. The Morgan fingerprint density at radius 3 is 2.54 bits per heavy atom. The Kier molecular flexibility index (Phi) is 5.45. The van der Waals surface area contributed by atoms with E-state index in [1.807, 2.05) is 13.8 Å². The second kappa shape index (κ2) is 7.77. The molecule has 0 bridgehead atoms. The lowest BCUT2D eigenvalue weighted by atomic mass is 10.1. The Balaban J connectivity index is 1.84. The van der Waals surface area contributed by atoms with Crippen LogP contribution in [-0.4, -0.2) is 30.1 Å². The van der Waals surface area contributed by atoms with Crippen molar-refractivity contribution in [3.63, 3.8) is 0 Å². The Morgan fingerprint density at radius 1 is 1.19 bits per heavy atom. The first-order valence-electron chi connectivity index (χ1n) is 8.88. The maximum absolute atomic E-state index is 14.0. The molecule has 0 atom stereocenters. The van der Waals surface area contributed by atoms with Crippen LogP contribution in [0.1, 0.15) is 42.6 Å². The number of carbonyl (C=O) groups excluding carboxylic acids is 1. The highest BCUT2D eigenvalue weighted by Crippen LogP contribution is 2.33. The summed E-state index contributed by atoms with van der Waals surface area (Å²) in [5, 5.41) is 0. The van der Waals surface area contributed by atoms with E-state index in [1.165, 1.54) is 6.07 Å². The third-order valence-electron chi connectivity index (χ3n) is 4.32. The van der Waals surface area contributed by atoms with Crippen molar-refractivity contribution in [2.45, 2.75) is 45.4 Å². The molecule has 0 aliphatic heterocycles. The van der Waals surface area contributed by atoms with Crippen LogP contribution in [0, 0.1) is 5.82 Å². The van der Waals surface area contributed by atoms with E-state index in [-0.39, 0.29) is 30.4 Å². The summed E-state index contributed by atoms with van der Waals surface area (Å²) in [5.41, 5.74) is 1.04. The second-order valence-corrected chi connectivity index (χ2v) is 6.79. The number of hydrogen-bond donors (Lipinski definition) is 0. The fourth-order valence-corrected chi connectivity index (χ4v) is 2.88. The highest BCUT2D eigenvalue weighted by Gasteiger charge is 2.33. The van der Waals surface area contributed by atoms with Gasteiger partial charge in [0, 0.05) is 23.7 Å². The summed E-state index contributed by atoms with van der Waals surface area (Å²) >= 11 is 0. The molecule has 1 saturated carbocycles. The molecule has 1 aliphatic carbocycles. The quantitative estimate of drug-likeness (QED) is 0.736. The first-order valence-corrected chi connectivity index (χ1v) is 8.88. The minimum absolute atomic E-state index is 0.00877. The number of halogens is 1. The van der Waals surface area contributed by atoms with Gasteiger partial charge < -0.3 is 14.4 Å². The molecule has 0 heterocycles. The van der Waals surface area contributed by atoms with E-state index < -0.39 is 0 Å². The smallest absolute Gasteiger partial charge is 0.254 e. The lowest BCUT2D eigenvalue weighted by Gasteiger charge is -2.23. The van der Waals surface area contributed by atoms with Crippen LogP contribution in [0.25, 0.3) is 0 Å². The van der Waals surface area contributed by atoms with Crippen molar-refractivity contribution >= 4 is 5.91 Å². The molecule has 138 valence electrons. The number of hydrogen-bond acceptors (Lipinski definition) is 3. The molecule has 1 fully saturated rings. The zero-order chi connectivity index (χ0) is 18.7. The maximum Gasteiger partial charge on any atom is 0.254 e. The van der Waals surface area contributed by atoms with Crippen LogP contribution < -0.4 is 9.47 Å². The molecule has 0 N–H and O–H groups in total. The van der Waals surface area contributed by atoms with Gasteiger partial charge in [0.1, 0.15) is 5.82 Å². The number of methoxy groups -OCH3 is 1. The number of ether oxygens (including phenoxy) is 2. The monoisotopic (exact) mass is 357 g/mol. The van der Waals surface area contributed by atoms with E-state index in [1.54, 1.807) is 48.4 Å². The molecule has 0 unspecified atom stereocenters. The normalized spacial score (nSPS) is 13.6. The molecule has 0 aromatic heterocycles. The number of carbonyl (C=O) groups is 1. The Morgan fingerprint density at radius 2 is 1.92 bits per heavy atom. The third kappa shape index (κ3) is 4.15. The minimum Gasteiger partial charge on any atom is -0.493 e. The Hall–Kier alpha value is -2.56. The number of benzene rings is 2. The van der Waals surface area contributed by atoms with Gasteiger partial charge in [-0.2, -0.15) is 0 Å². The number of nitrogens with zero attached hydrogens (tertiary/aromatic N) is 1. The predicted octanol–water partition coefficient (Wildman–Crippen LogP) is 4.43. The number of rotatable bonds is 7. The molecule has 2 aromatic rings. The van der Waals surface area contributed by atoms with Crippen LogP contribution >= 0.6 is 0 Å². The van der Waals surface area contributed by atoms with Gasteiger partial charge >= 0.3 is 0 Å². The summed E-state index contributed by atoms with van der Waals surface area (Å²) in [7, 11) is 1.55. The molecule has 26 heavy (non-hydrogen) atoms. The van der Waals surface area contributed by atoms with Crippen LogP contribution in [0.2, 0.25) is 0 Å². The molecule has 0 spiro atoms. The molecular formula is C21H24FNO3. The van der Waals surface area contributed by atoms with Gasteiger partial charge in [-0.05, 0) is 51.0 Å². The lowest BCUT2D eigenvalue weighted by Crippen LogP contribution is -2.33.